The van der Waals surface area contributed by atoms with E-state index in [9.17, 15) is 4.79 Å². The van der Waals surface area contributed by atoms with Crippen molar-refractivity contribution in [3.05, 3.63) is 0 Å². The molecule has 8 heteroatoms. The maximum atomic E-state index is 12.5. The molecule has 2 unspecified atom stereocenters. The van der Waals surface area contributed by atoms with Crippen LogP contribution in [0.4, 0.5) is 0 Å². The van der Waals surface area contributed by atoms with E-state index in [0.29, 0.717) is 18.6 Å². The third kappa shape index (κ3) is 7.33. The van der Waals surface area contributed by atoms with Crippen LogP contribution in [0.15, 0.2) is 4.99 Å². The van der Waals surface area contributed by atoms with E-state index in [1.54, 1.807) is 7.05 Å². The Balaban J connectivity index is 0.00000280. The first-order chi connectivity index (χ1) is 13.3. The number of nitrogens with one attached hydrogen (secondary N) is 2. The first-order valence-corrected chi connectivity index (χ1v) is 10.7. The lowest BCUT2D eigenvalue weighted by atomic mass is 10.1. The highest BCUT2D eigenvalue weighted by molar-refractivity contribution is 14.0. The quantitative estimate of drug-likeness (QED) is 0.228. The average Bonchev–Trinajstić information content (AvgIpc) is 3.45. The monoisotopic (exact) mass is 508 g/mol. The Bertz CT molecular complexity index is 494. The molecule has 28 heavy (non-hydrogen) atoms. The van der Waals surface area contributed by atoms with Crippen molar-refractivity contribution in [2.75, 3.05) is 46.5 Å². The van der Waals surface area contributed by atoms with Gasteiger partial charge in [-0.2, -0.15) is 0 Å². The number of aliphatic imine (C=N–C) groups is 1. The Labute approximate surface area is 186 Å². The van der Waals surface area contributed by atoms with Gasteiger partial charge in [0.25, 0.3) is 0 Å². The molecule has 1 amide bonds. The molecule has 2 aliphatic heterocycles. The predicted molar refractivity (Wildman–Crippen MR) is 121 cm³/mol. The van der Waals surface area contributed by atoms with E-state index in [0.717, 1.165) is 77.3 Å². The van der Waals surface area contributed by atoms with Crippen molar-refractivity contribution >= 4 is 35.8 Å². The summed E-state index contributed by atoms with van der Waals surface area (Å²) in [5.41, 5.74) is 0. The molecule has 0 aromatic heterocycles. The first kappa shape index (κ1) is 23.7. The lowest BCUT2D eigenvalue weighted by molar-refractivity contribution is -0.134. The molecule has 162 valence electrons. The summed E-state index contributed by atoms with van der Waals surface area (Å²) < 4.78 is 11.2. The van der Waals surface area contributed by atoms with Gasteiger partial charge in [0, 0.05) is 51.9 Å². The van der Waals surface area contributed by atoms with E-state index < -0.39 is 0 Å². The summed E-state index contributed by atoms with van der Waals surface area (Å²) in [6.45, 7) is 4.80. The van der Waals surface area contributed by atoms with Crippen molar-refractivity contribution in [2.45, 2.75) is 63.5 Å². The Kier molecular flexibility index (Phi) is 10.9. The Morgan fingerprint density at radius 3 is 2.75 bits per heavy atom. The molecule has 2 atom stereocenters. The molecule has 1 aliphatic carbocycles. The predicted octanol–water partition coefficient (Wildman–Crippen LogP) is 2.15. The SMILES string of the molecule is CN=C(NCCCOCC1CCCO1)NC1CCN(C(=O)C2CCCC2)C1.I. The molecule has 7 nitrogen and oxygen atoms in total. The molecule has 0 bridgehead atoms. The molecule has 2 N–H and O–H groups in total. The molecule has 0 radical (unpaired) electrons. The highest BCUT2D eigenvalue weighted by Gasteiger charge is 2.32. The summed E-state index contributed by atoms with van der Waals surface area (Å²) in [6, 6.07) is 0.289. The van der Waals surface area contributed by atoms with E-state index in [-0.39, 0.29) is 35.9 Å². The number of hydrogen-bond acceptors (Lipinski definition) is 4. The number of nitrogens with zero attached hydrogens (tertiary/aromatic N) is 2. The van der Waals surface area contributed by atoms with Gasteiger partial charge in [0.05, 0.1) is 12.7 Å². The van der Waals surface area contributed by atoms with Crippen molar-refractivity contribution in [1.82, 2.24) is 15.5 Å². The lowest BCUT2D eigenvalue weighted by Gasteiger charge is -2.21. The second-order valence-corrected chi connectivity index (χ2v) is 7.96. The molecule has 2 heterocycles. The van der Waals surface area contributed by atoms with E-state index in [1.165, 1.54) is 12.8 Å². The zero-order chi connectivity index (χ0) is 18.9. The number of carbonyl (C=O) groups excluding carboxylic acids is 1. The second-order valence-electron chi connectivity index (χ2n) is 7.96. The largest absolute Gasteiger partial charge is 0.379 e. The highest BCUT2D eigenvalue weighted by atomic mass is 127. The van der Waals surface area contributed by atoms with Crippen LogP contribution in [0.1, 0.15) is 51.4 Å². The van der Waals surface area contributed by atoms with E-state index in [2.05, 4.69) is 15.6 Å². The number of carbonyl (C=O) groups is 1. The highest BCUT2D eigenvalue weighted by Crippen LogP contribution is 2.27. The van der Waals surface area contributed by atoms with Gasteiger partial charge in [-0.1, -0.05) is 12.8 Å². The van der Waals surface area contributed by atoms with E-state index >= 15 is 0 Å². The summed E-state index contributed by atoms with van der Waals surface area (Å²) in [5.74, 6) is 1.45. The number of guanidine groups is 1. The van der Waals surface area contributed by atoms with Crippen LogP contribution in [0, 0.1) is 5.92 Å². The zero-order valence-corrected chi connectivity index (χ0v) is 19.5. The van der Waals surface area contributed by atoms with E-state index in [4.69, 9.17) is 9.47 Å². The number of amides is 1. The third-order valence-electron chi connectivity index (χ3n) is 5.85. The Morgan fingerprint density at radius 2 is 2.04 bits per heavy atom. The number of halogens is 1. The normalized spacial score (nSPS) is 25.8. The van der Waals surface area contributed by atoms with Crippen molar-refractivity contribution in [3.8, 4) is 0 Å². The smallest absolute Gasteiger partial charge is 0.225 e. The van der Waals surface area contributed by atoms with Gasteiger partial charge in [-0.25, -0.2) is 0 Å². The number of rotatable bonds is 8. The van der Waals surface area contributed by atoms with Crippen LogP contribution in [0.25, 0.3) is 0 Å². The number of ether oxygens (including phenoxy) is 2. The number of hydrogen-bond donors (Lipinski definition) is 2. The average molecular weight is 508 g/mol. The second kappa shape index (κ2) is 12.8. The maximum absolute atomic E-state index is 12.5. The summed E-state index contributed by atoms with van der Waals surface area (Å²) in [5, 5.41) is 6.81. The van der Waals surface area contributed by atoms with Crippen molar-refractivity contribution < 1.29 is 14.3 Å². The summed E-state index contributed by atoms with van der Waals surface area (Å²) in [4.78, 5) is 18.9. The van der Waals surface area contributed by atoms with Gasteiger partial charge in [0.2, 0.25) is 5.91 Å². The minimum atomic E-state index is 0. The maximum Gasteiger partial charge on any atom is 0.225 e. The molecule has 2 saturated heterocycles. The van der Waals surface area contributed by atoms with Crippen LogP contribution in [0.5, 0.6) is 0 Å². The molecule has 0 spiro atoms. The van der Waals surface area contributed by atoms with Gasteiger partial charge < -0.3 is 25.0 Å². The molecule has 0 aromatic rings. The van der Waals surface area contributed by atoms with Gasteiger partial charge in [-0.15, -0.1) is 24.0 Å². The first-order valence-electron chi connectivity index (χ1n) is 10.7. The summed E-state index contributed by atoms with van der Waals surface area (Å²) >= 11 is 0. The molecule has 3 rings (SSSR count). The Morgan fingerprint density at radius 1 is 1.21 bits per heavy atom. The van der Waals surface area contributed by atoms with Crippen LogP contribution in [0.3, 0.4) is 0 Å². The minimum absolute atomic E-state index is 0. The van der Waals surface area contributed by atoms with Crippen molar-refractivity contribution in [1.29, 1.82) is 0 Å². The van der Waals surface area contributed by atoms with Gasteiger partial charge in [0.1, 0.15) is 0 Å². The zero-order valence-electron chi connectivity index (χ0n) is 17.2. The van der Waals surface area contributed by atoms with Gasteiger partial charge in [0.15, 0.2) is 5.96 Å². The van der Waals surface area contributed by atoms with Crippen LogP contribution in [-0.4, -0.2) is 75.4 Å². The molecule has 0 aromatic carbocycles. The minimum Gasteiger partial charge on any atom is -0.379 e. The fraction of sp³-hybridized carbons (Fsp3) is 0.900. The molecule has 1 saturated carbocycles. The van der Waals surface area contributed by atoms with Gasteiger partial charge in [-0.05, 0) is 38.5 Å². The topological polar surface area (TPSA) is 75.2 Å². The van der Waals surface area contributed by atoms with Gasteiger partial charge >= 0.3 is 0 Å². The van der Waals surface area contributed by atoms with E-state index in [1.807, 2.05) is 4.90 Å². The Hall–Kier alpha value is -0.610. The lowest BCUT2D eigenvalue weighted by Crippen LogP contribution is -2.45. The third-order valence-corrected chi connectivity index (χ3v) is 5.85. The van der Waals surface area contributed by atoms with Crippen LogP contribution >= 0.6 is 24.0 Å². The fourth-order valence-electron chi connectivity index (χ4n) is 4.27. The molecular weight excluding hydrogens is 471 g/mol. The summed E-state index contributed by atoms with van der Waals surface area (Å²) in [6.07, 6.45) is 9.06. The van der Waals surface area contributed by atoms with Gasteiger partial charge in [-0.3, -0.25) is 9.79 Å². The standard InChI is InChI=1S/C20H36N4O3.HI/c1-21-20(22-10-5-12-26-15-18-8-4-13-27-18)23-17-9-11-24(14-17)19(25)16-6-2-3-7-16;/h16-18H,2-15H2,1H3,(H2,21,22,23);1H. The van der Waals surface area contributed by atoms with Crippen LogP contribution in [0.2, 0.25) is 0 Å². The van der Waals surface area contributed by atoms with Crippen LogP contribution in [-0.2, 0) is 14.3 Å². The molecular formula is C20H37IN4O3. The van der Waals surface area contributed by atoms with Crippen molar-refractivity contribution in [2.24, 2.45) is 10.9 Å². The fourth-order valence-corrected chi connectivity index (χ4v) is 4.27. The summed E-state index contributed by atoms with van der Waals surface area (Å²) in [7, 11) is 1.79. The molecule has 3 aliphatic rings. The van der Waals surface area contributed by atoms with Crippen molar-refractivity contribution in [3.63, 3.8) is 0 Å². The van der Waals surface area contributed by atoms with Crippen LogP contribution < -0.4 is 10.6 Å². The molecule has 3 fully saturated rings. The number of likely N-dealkylation sites (tertiary alicyclic amines) is 1.